The van der Waals surface area contributed by atoms with E-state index in [1.807, 2.05) is 36.4 Å². The number of hydrogen-bond acceptors (Lipinski definition) is 2. The lowest BCUT2D eigenvalue weighted by Gasteiger charge is -2.06. The summed E-state index contributed by atoms with van der Waals surface area (Å²) in [6.45, 7) is 1.25. The highest BCUT2D eigenvalue weighted by Crippen LogP contribution is 2.23. The van der Waals surface area contributed by atoms with Crippen LogP contribution in [-0.4, -0.2) is 19.1 Å². The van der Waals surface area contributed by atoms with Gasteiger partial charge in [0.25, 0.3) is 0 Å². The number of benzene rings is 2. The van der Waals surface area contributed by atoms with Gasteiger partial charge < -0.3 is 4.74 Å². The summed E-state index contributed by atoms with van der Waals surface area (Å²) in [5, 5.41) is 0. The molecular weight excluding hydrogens is 243 g/mol. The van der Waals surface area contributed by atoms with E-state index in [-0.39, 0.29) is 0 Å². The van der Waals surface area contributed by atoms with Crippen LogP contribution in [0, 0.1) is 0 Å². The largest absolute Gasteiger partial charge is 0.497 e. The smallest absolute Gasteiger partial charge is 0.196 e. The molecule has 0 saturated carbocycles. The van der Waals surface area contributed by atoms with Crippen molar-refractivity contribution >= 4 is 5.78 Å². The molecule has 2 aromatic rings. The van der Waals surface area contributed by atoms with Crippen LogP contribution in [0.15, 0.2) is 48.5 Å². The normalized spacial score (nSPS) is 11.9. The van der Waals surface area contributed by atoms with Gasteiger partial charge in [-0.05, 0) is 30.2 Å². The maximum atomic E-state index is 12.9. The molecule has 0 aliphatic heterocycles. The molecule has 1 atom stereocenters. The number of carbonyl (C=O) groups is 1. The Morgan fingerprint density at radius 2 is 1.47 bits per heavy atom. The molecular formula is C16H15FO2. The number of halogens is 1. The zero-order valence-corrected chi connectivity index (χ0v) is 10.9. The van der Waals surface area contributed by atoms with Gasteiger partial charge in [0.15, 0.2) is 12.0 Å². The molecule has 0 aromatic heterocycles. The lowest BCUT2D eigenvalue weighted by molar-refractivity contribution is 0.0893. The van der Waals surface area contributed by atoms with Gasteiger partial charge >= 0.3 is 0 Å². The quantitative estimate of drug-likeness (QED) is 0.777. The molecule has 0 saturated heterocycles. The average Bonchev–Trinajstić information content (AvgIpc) is 2.46. The first-order valence-electron chi connectivity index (χ1n) is 6.04. The Morgan fingerprint density at radius 1 is 1.00 bits per heavy atom. The standard InChI is InChI=1S/C16H15FO2/c1-11(17)16(18)14-5-3-12(4-6-14)13-7-9-15(19-2)10-8-13/h3-11H,1-2H3. The molecule has 0 amide bonds. The number of ketones is 1. The first-order chi connectivity index (χ1) is 9.11. The van der Waals surface area contributed by atoms with Gasteiger partial charge in [-0.3, -0.25) is 4.79 Å². The van der Waals surface area contributed by atoms with Gasteiger partial charge in [0.2, 0.25) is 0 Å². The Labute approximate surface area is 111 Å². The molecule has 0 N–H and O–H groups in total. The Hall–Kier alpha value is -2.16. The molecule has 0 bridgehead atoms. The molecule has 0 spiro atoms. The van der Waals surface area contributed by atoms with E-state index in [9.17, 15) is 9.18 Å². The summed E-state index contributed by atoms with van der Waals surface area (Å²) in [5.41, 5.74) is 2.39. The maximum Gasteiger partial charge on any atom is 0.196 e. The molecule has 3 heteroatoms. The minimum atomic E-state index is -1.47. The van der Waals surface area contributed by atoms with E-state index in [1.165, 1.54) is 6.92 Å². The second-order valence-electron chi connectivity index (χ2n) is 4.29. The fourth-order valence-corrected chi connectivity index (χ4v) is 1.84. The van der Waals surface area contributed by atoms with E-state index >= 15 is 0 Å². The van der Waals surface area contributed by atoms with Crippen molar-refractivity contribution in [1.29, 1.82) is 0 Å². The summed E-state index contributed by atoms with van der Waals surface area (Å²) in [6.07, 6.45) is -1.47. The molecule has 0 fully saturated rings. The van der Waals surface area contributed by atoms with Gasteiger partial charge in [-0.1, -0.05) is 36.4 Å². The predicted octanol–water partition coefficient (Wildman–Crippen LogP) is 3.90. The van der Waals surface area contributed by atoms with E-state index in [4.69, 9.17) is 4.74 Å². The van der Waals surface area contributed by atoms with Crippen LogP contribution in [0.1, 0.15) is 17.3 Å². The van der Waals surface area contributed by atoms with Crippen LogP contribution in [0.3, 0.4) is 0 Å². The second kappa shape index (κ2) is 5.65. The van der Waals surface area contributed by atoms with Crippen molar-refractivity contribution in [2.24, 2.45) is 0 Å². The highest BCUT2D eigenvalue weighted by Gasteiger charge is 2.13. The van der Waals surface area contributed by atoms with E-state index in [1.54, 1.807) is 19.2 Å². The van der Waals surface area contributed by atoms with Crippen molar-refractivity contribution in [2.75, 3.05) is 7.11 Å². The highest BCUT2D eigenvalue weighted by atomic mass is 19.1. The monoisotopic (exact) mass is 258 g/mol. The number of Topliss-reactive ketones (excluding diaryl/α,β-unsaturated/α-hetero) is 1. The van der Waals surface area contributed by atoms with E-state index < -0.39 is 12.0 Å². The molecule has 19 heavy (non-hydrogen) atoms. The fraction of sp³-hybridized carbons (Fsp3) is 0.188. The summed E-state index contributed by atoms with van der Waals surface area (Å²) in [4.78, 5) is 11.5. The highest BCUT2D eigenvalue weighted by molar-refractivity contribution is 5.99. The summed E-state index contributed by atoms with van der Waals surface area (Å²) in [6, 6.07) is 14.6. The molecule has 0 aliphatic rings. The Bertz CT molecular complexity index is 556. The molecule has 98 valence electrons. The van der Waals surface area contributed by atoms with Crippen LogP contribution in [0.4, 0.5) is 4.39 Å². The number of alkyl halides is 1. The zero-order valence-electron chi connectivity index (χ0n) is 10.9. The van der Waals surface area contributed by atoms with Crippen molar-refractivity contribution in [2.45, 2.75) is 13.1 Å². The van der Waals surface area contributed by atoms with Crippen molar-refractivity contribution in [3.05, 3.63) is 54.1 Å². The summed E-state index contributed by atoms with van der Waals surface area (Å²) < 4.78 is 18.0. The van der Waals surface area contributed by atoms with Gasteiger partial charge in [0, 0.05) is 5.56 Å². The third-order valence-corrected chi connectivity index (χ3v) is 2.95. The maximum absolute atomic E-state index is 12.9. The van der Waals surface area contributed by atoms with Crippen LogP contribution in [-0.2, 0) is 0 Å². The van der Waals surface area contributed by atoms with Crippen LogP contribution < -0.4 is 4.74 Å². The summed E-state index contributed by atoms with van der Waals surface area (Å²) in [5.74, 6) is 0.308. The van der Waals surface area contributed by atoms with E-state index in [0.29, 0.717) is 5.56 Å². The molecule has 0 heterocycles. The average molecular weight is 258 g/mol. The number of rotatable bonds is 4. The minimum absolute atomic E-state index is 0.396. The van der Waals surface area contributed by atoms with Crippen LogP contribution in [0.2, 0.25) is 0 Å². The predicted molar refractivity (Wildman–Crippen MR) is 73.3 cm³/mol. The van der Waals surface area contributed by atoms with Gasteiger partial charge in [-0.2, -0.15) is 0 Å². The number of ether oxygens (including phenoxy) is 1. The summed E-state index contributed by atoms with van der Waals surface area (Å²) >= 11 is 0. The van der Waals surface area contributed by atoms with Gasteiger partial charge in [-0.25, -0.2) is 4.39 Å². The third-order valence-electron chi connectivity index (χ3n) is 2.95. The fourth-order valence-electron chi connectivity index (χ4n) is 1.84. The Balaban J connectivity index is 2.24. The van der Waals surface area contributed by atoms with Gasteiger partial charge in [-0.15, -0.1) is 0 Å². The van der Waals surface area contributed by atoms with Gasteiger partial charge in [0.1, 0.15) is 5.75 Å². The number of hydrogen-bond donors (Lipinski definition) is 0. The zero-order chi connectivity index (χ0) is 13.8. The lowest BCUT2D eigenvalue weighted by Crippen LogP contribution is -2.11. The number of methoxy groups -OCH3 is 1. The van der Waals surface area contributed by atoms with Crippen LogP contribution in [0.25, 0.3) is 11.1 Å². The van der Waals surface area contributed by atoms with E-state index in [2.05, 4.69) is 0 Å². The Kier molecular flexibility index (Phi) is 3.95. The van der Waals surface area contributed by atoms with Crippen molar-refractivity contribution < 1.29 is 13.9 Å². The van der Waals surface area contributed by atoms with Crippen molar-refractivity contribution in [1.82, 2.24) is 0 Å². The van der Waals surface area contributed by atoms with Crippen molar-refractivity contribution in [3.8, 4) is 16.9 Å². The molecule has 1 unspecified atom stereocenters. The van der Waals surface area contributed by atoms with Crippen LogP contribution in [0.5, 0.6) is 5.75 Å². The molecule has 2 nitrogen and oxygen atoms in total. The lowest BCUT2D eigenvalue weighted by atomic mass is 10.0. The number of carbonyl (C=O) groups excluding carboxylic acids is 1. The Morgan fingerprint density at radius 3 is 1.89 bits per heavy atom. The second-order valence-corrected chi connectivity index (χ2v) is 4.29. The first kappa shape index (κ1) is 13.3. The molecule has 0 aliphatic carbocycles. The minimum Gasteiger partial charge on any atom is -0.497 e. The third kappa shape index (κ3) is 2.99. The first-order valence-corrected chi connectivity index (χ1v) is 6.04. The van der Waals surface area contributed by atoms with Crippen molar-refractivity contribution in [3.63, 3.8) is 0 Å². The van der Waals surface area contributed by atoms with Crippen LogP contribution >= 0.6 is 0 Å². The molecule has 2 aromatic carbocycles. The topological polar surface area (TPSA) is 26.3 Å². The molecule has 0 radical (unpaired) electrons. The van der Waals surface area contributed by atoms with E-state index in [0.717, 1.165) is 16.9 Å². The SMILES string of the molecule is COc1ccc(-c2ccc(C(=O)C(C)F)cc2)cc1. The summed E-state index contributed by atoms with van der Waals surface area (Å²) in [7, 11) is 1.62. The van der Waals surface area contributed by atoms with Gasteiger partial charge in [0.05, 0.1) is 7.11 Å². The molecule has 2 rings (SSSR count).